The molecule has 2 aliphatic rings. The molecule has 140 valence electrons. The van der Waals surface area contributed by atoms with E-state index in [1.165, 1.54) is 0 Å². The van der Waals surface area contributed by atoms with Gasteiger partial charge in [0.05, 0.1) is 33.5 Å². The van der Waals surface area contributed by atoms with Gasteiger partial charge in [0.2, 0.25) is 0 Å². The Morgan fingerprint density at radius 1 is 1.40 bits per heavy atom. The normalized spacial score (nSPS) is 19.4. The molecule has 0 radical (unpaired) electrons. The molecule has 0 aliphatic carbocycles. The van der Waals surface area contributed by atoms with E-state index in [9.17, 15) is 0 Å². The number of aliphatic imine (C=N–C) groups is 1. The van der Waals surface area contributed by atoms with Crippen LogP contribution in [0.15, 0.2) is 40.8 Å². The Kier molecular flexibility index (Phi) is 8.51. The Hall–Kier alpha value is -1.83. The van der Waals surface area contributed by atoms with Crippen molar-refractivity contribution in [3.63, 3.8) is 0 Å². The fraction of sp³-hybridized carbons (Fsp3) is 0.611. The van der Waals surface area contributed by atoms with Gasteiger partial charge in [0.1, 0.15) is 5.84 Å². The number of nitrogens with two attached hydrogens (primary N) is 1. The first-order valence-electron chi connectivity index (χ1n) is 8.80. The number of nitrogens with zero attached hydrogens (tertiary/aromatic N) is 2. The summed E-state index contributed by atoms with van der Waals surface area (Å²) in [6, 6.07) is 0. The zero-order valence-corrected chi connectivity index (χ0v) is 15.1. The third-order valence-corrected chi connectivity index (χ3v) is 4.14. The summed E-state index contributed by atoms with van der Waals surface area (Å²) in [5, 5.41) is 3.23. The average molecular weight is 350 g/mol. The summed E-state index contributed by atoms with van der Waals surface area (Å²) < 4.78 is 16.5. The van der Waals surface area contributed by atoms with Crippen molar-refractivity contribution in [3.8, 4) is 0 Å². The van der Waals surface area contributed by atoms with Crippen molar-refractivity contribution in [1.29, 1.82) is 0 Å². The third kappa shape index (κ3) is 6.53. The molecule has 7 heteroatoms. The number of morpholine rings is 1. The van der Waals surface area contributed by atoms with Crippen LogP contribution < -0.4 is 11.1 Å². The van der Waals surface area contributed by atoms with Crippen LogP contribution in [0.2, 0.25) is 0 Å². The first-order chi connectivity index (χ1) is 12.2. The van der Waals surface area contributed by atoms with Crippen LogP contribution in [0.1, 0.15) is 6.42 Å². The van der Waals surface area contributed by atoms with E-state index in [0.29, 0.717) is 24.7 Å². The molecule has 2 aliphatic heterocycles. The molecule has 7 nitrogen and oxygen atoms in total. The summed E-state index contributed by atoms with van der Waals surface area (Å²) in [6.07, 6.45) is 4.71. The fourth-order valence-corrected chi connectivity index (χ4v) is 2.65. The minimum Gasteiger partial charge on any atom is -0.493 e. The smallest absolute Gasteiger partial charge is 0.160 e. The standard InChI is InChI=1S/C18H30N4O3/c1-15(23-2)17(5-4-16(14-19)18-20-6-7-21-18)25-11-3-8-22-9-12-24-13-10-22/h4-5H,1,3,6-14,19H2,2H3,(H,20,21)/b16-4+,17-5+. The van der Waals surface area contributed by atoms with Crippen LogP contribution in [0.3, 0.4) is 0 Å². The maximum Gasteiger partial charge on any atom is 0.160 e. The molecule has 2 heterocycles. The second kappa shape index (κ2) is 10.9. The van der Waals surface area contributed by atoms with Gasteiger partial charge in [-0.1, -0.05) is 12.7 Å². The van der Waals surface area contributed by atoms with Gasteiger partial charge in [-0.05, 0) is 12.5 Å². The largest absolute Gasteiger partial charge is 0.493 e. The van der Waals surface area contributed by atoms with Gasteiger partial charge in [-0.3, -0.25) is 9.89 Å². The lowest BCUT2D eigenvalue weighted by Crippen LogP contribution is -2.37. The van der Waals surface area contributed by atoms with E-state index in [1.807, 2.05) is 12.2 Å². The molecule has 0 aromatic heterocycles. The SMILES string of the molecule is C=C(OC)/C(=C\C=C(/CN)C1=NCCN1)OCCCN1CCOCC1. The number of hydrogen-bond donors (Lipinski definition) is 2. The van der Waals surface area contributed by atoms with Gasteiger partial charge in [-0.25, -0.2) is 0 Å². The monoisotopic (exact) mass is 350 g/mol. The van der Waals surface area contributed by atoms with E-state index in [4.69, 9.17) is 19.9 Å². The molecule has 2 rings (SSSR count). The summed E-state index contributed by atoms with van der Waals surface area (Å²) in [4.78, 5) is 6.78. The highest BCUT2D eigenvalue weighted by Gasteiger charge is 2.11. The minimum atomic E-state index is 0.409. The predicted octanol–water partition coefficient (Wildman–Crippen LogP) is 0.656. The van der Waals surface area contributed by atoms with Gasteiger partial charge in [0.15, 0.2) is 11.5 Å². The predicted molar refractivity (Wildman–Crippen MR) is 99.5 cm³/mol. The van der Waals surface area contributed by atoms with Gasteiger partial charge in [0.25, 0.3) is 0 Å². The maximum atomic E-state index is 5.88. The van der Waals surface area contributed by atoms with E-state index >= 15 is 0 Å². The number of amidine groups is 1. The van der Waals surface area contributed by atoms with Crippen LogP contribution in [-0.2, 0) is 14.2 Å². The highest BCUT2D eigenvalue weighted by molar-refractivity contribution is 5.99. The zero-order chi connectivity index (χ0) is 17.9. The molecule has 25 heavy (non-hydrogen) atoms. The lowest BCUT2D eigenvalue weighted by molar-refractivity contribution is 0.0342. The Labute approximate surface area is 150 Å². The molecule has 0 aromatic rings. The van der Waals surface area contributed by atoms with Crippen LogP contribution in [0.5, 0.6) is 0 Å². The van der Waals surface area contributed by atoms with Crippen molar-refractivity contribution in [2.75, 3.05) is 66.2 Å². The first-order valence-corrected chi connectivity index (χ1v) is 8.80. The number of rotatable bonds is 10. The molecule has 1 saturated heterocycles. The molecule has 0 bridgehead atoms. The summed E-state index contributed by atoms with van der Waals surface area (Å²) in [7, 11) is 1.59. The third-order valence-electron chi connectivity index (χ3n) is 4.14. The Morgan fingerprint density at radius 2 is 2.20 bits per heavy atom. The van der Waals surface area contributed by atoms with Gasteiger partial charge < -0.3 is 25.3 Å². The highest BCUT2D eigenvalue weighted by atomic mass is 16.5. The summed E-state index contributed by atoms with van der Waals surface area (Å²) in [5.74, 6) is 1.97. The van der Waals surface area contributed by atoms with Crippen LogP contribution in [-0.4, -0.2) is 76.9 Å². The van der Waals surface area contributed by atoms with E-state index < -0.39 is 0 Å². The number of hydrogen-bond acceptors (Lipinski definition) is 7. The van der Waals surface area contributed by atoms with E-state index in [-0.39, 0.29) is 0 Å². The van der Waals surface area contributed by atoms with Crippen molar-refractivity contribution in [2.24, 2.45) is 10.7 Å². The molecule has 3 N–H and O–H groups in total. The van der Waals surface area contributed by atoms with Gasteiger partial charge in [-0.15, -0.1) is 0 Å². The summed E-state index contributed by atoms with van der Waals surface area (Å²) in [6.45, 7) is 11.2. The van der Waals surface area contributed by atoms with Gasteiger partial charge in [0, 0.05) is 38.3 Å². The topological polar surface area (TPSA) is 81.3 Å². The second-order valence-electron chi connectivity index (χ2n) is 5.87. The molecule has 0 aromatic carbocycles. The molecule has 1 fully saturated rings. The van der Waals surface area contributed by atoms with Crippen LogP contribution >= 0.6 is 0 Å². The molecular formula is C18H30N4O3. The van der Waals surface area contributed by atoms with Crippen LogP contribution in [0.4, 0.5) is 0 Å². The van der Waals surface area contributed by atoms with Gasteiger partial charge >= 0.3 is 0 Å². The lowest BCUT2D eigenvalue weighted by Gasteiger charge is -2.26. The van der Waals surface area contributed by atoms with Crippen molar-refractivity contribution in [3.05, 3.63) is 35.8 Å². The lowest BCUT2D eigenvalue weighted by atomic mass is 10.2. The molecule has 0 unspecified atom stereocenters. The van der Waals surface area contributed by atoms with Crippen LogP contribution in [0, 0.1) is 0 Å². The molecule has 0 spiro atoms. The van der Waals surface area contributed by atoms with Crippen molar-refractivity contribution in [2.45, 2.75) is 6.42 Å². The van der Waals surface area contributed by atoms with Crippen molar-refractivity contribution in [1.82, 2.24) is 10.2 Å². The average Bonchev–Trinajstić information content (AvgIpc) is 3.18. The highest BCUT2D eigenvalue weighted by Crippen LogP contribution is 2.12. The summed E-state index contributed by atoms with van der Waals surface area (Å²) >= 11 is 0. The van der Waals surface area contributed by atoms with Crippen molar-refractivity contribution >= 4 is 5.84 Å². The van der Waals surface area contributed by atoms with E-state index in [0.717, 1.165) is 63.8 Å². The first kappa shape index (κ1) is 19.5. The number of nitrogens with one attached hydrogen (secondary N) is 1. The molecule has 0 atom stereocenters. The van der Waals surface area contributed by atoms with Crippen LogP contribution in [0.25, 0.3) is 0 Å². The molecule has 0 amide bonds. The fourth-order valence-electron chi connectivity index (χ4n) is 2.65. The number of allylic oxidation sites excluding steroid dienone is 2. The quantitative estimate of drug-likeness (QED) is 0.342. The molecule has 0 saturated carbocycles. The summed E-state index contributed by atoms with van der Waals surface area (Å²) in [5.41, 5.74) is 6.76. The van der Waals surface area contributed by atoms with E-state index in [1.54, 1.807) is 7.11 Å². The van der Waals surface area contributed by atoms with Crippen molar-refractivity contribution < 1.29 is 14.2 Å². The maximum absolute atomic E-state index is 5.88. The van der Waals surface area contributed by atoms with E-state index in [2.05, 4.69) is 21.8 Å². The molecular weight excluding hydrogens is 320 g/mol. The number of methoxy groups -OCH3 is 1. The number of ether oxygens (including phenoxy) is 3. The Bertz CT molecular complexity index is 522. The van der Waals surface area contributed by atoms with Gasteiger partial charge in [-0.2, -0.15) is 0 Å². The Morgan fingerprint density at radius 3 is 2.84 bits per heavy atom. The second-order valence-corrected chi connectivity index (χ2v) is 5.87. The zero-order valence-electron chi connectivity index (χ0n) is 15.1. The Balaban J connectivity index is 1.87. The minimum absolute atomic E-state index is 0.409.